The number of aromatic amines is 1. The SMILES string of the molecule is O=c1ccn(C2OC(CO)C(O)C2(F)C(F)(F)F)c(=S)[nH]1. The predicted octanol–water partition coefficient (Wildman–Crippen LogP) is 0.427. The van der Waals surface area contributed by atoms with Crippen LogP contribution < -0.4 is 5.56 Å². The molecule has 0 spiro atoms. The minimum absolute atomic E-state index is 0.510. The van der Waals surface area contributed by atoms with Gasteiger partial charge in [-0.25, -0.2) is 4.39 Å². The third-order valence-electron chi connectivity index (χ3n) is 3.16. The Balaban J connectivity index is 2.60. The van der Waals surface area contributed by atoms with E-state index in [-0.39, 0.29) is 0 Å². The van der Waals surface area contributed by atoms with Crippen LogP contribution in [-0.4, -0.2) is 50.4 Å². The number of aliphatic hydroxyl groups is 2. The van der Waals surface area contributed by atoms with E-state index in [4.69, 9.17) is 9.84 Å². The first-order chi connectivity index (χ1) is 9.62. The molecule has 1 saturated heterocycles. The summed E-state index contributed by atoms with van der Waals surface area (Å²) in [6.45, 7) is -1.02. The highest BCUT2D eigenvalue weighted by molar-refractivity contribution is 7.71. The van der Waals surface area contributed by atoms with Gasteiger partial charge >= 0.3 is 6.18 Å². The van der Waals surface area contributed by atoms with Gasteiger partial charge in [-0.05, 0) is 12.2 Å². The largest absolute Gasteiger partial charge is 0.429 e. The lowest BCUT2D eigenvalue weighted by Gasteiger charge is -2.31. The van der Waals surface area contributed by atoms with Crippen molar-refractivity contribution in [2.75, 3.05) is 6.61 Å². The Labute approximate surface area is 119 Å². The van der Waals surface area contributed by atoms with Gasteiger partial charge in [-0.1, -0.05) is 0 Å². The van der Waals surface area contributed by atoms with Crippen molar-refractivity contribution in [3.8, 4) is 0 Å². The van der Waals surface area contributed by atoms with Crippen molar-refractivity contribution in [3.05, 3.63) is 27.4 Å². The van der Waals surface area contributed by atoms with Crippen molar-refractivity contribution in [3.63, 3.8) is 0 Å². The fourth-order valence-corrected chi connectivity index (χ4v) is 2.34. The number of hydrogen-bond acceptors (Lipinski definition) is 5. The van der Waals surface area contributed by atoms with E-state index in [1.807, 2.05) is 4.98 Å². The second kappa shape index (κ2) is 5.16. The topological polar surface area (TPSA) is 87.5 Å². The highest BCUT2D eigenvalue weighted by Gasteiger charge is 2.72. The summed E-state index contributed by atoms with van der Waals surface area (Å²) in [7, 11) is 0. The van der Waals surface area contributed by atoms with Gasteiger partial charge in [0.05, 0.1) is 6.61 Å². The zero-order chi connectivity index (χ0) is 16.0. The summed E-state index contributed by atoms with van der Waals surface area (Å²) < 4.78 is 58.4. The number of alkyl halides is 4. The van der Waals surface area contributed by atoms with E-state index in [1.54, 1.807) is 0 Å². The standard InChI is InChI=1S/C10H10F4N2O4S/c11-9(10(12,13)14)6(19)4(3-17)20-7(9)16-2-1-5(18)15-8(16)21/h1-2,4,6-7,17,19H,3H2,(H,15,18,21). The summed E-state index contributed by atoms with van der Waals surface area (Å²) in [5.74, 6) is 0. The average Bonchev–Trinajstić information content (AvgIpc) is 2.63. The van der Waals surface area contributed by atoms with Crippen molar-refractivity contribution >= 4 is 12.2 Å². The lowest BCUT2D eigenvalue weighted by atomic mass is 9.95. The second-order valence-corrected chi connectivity index (χ2v) is 4.82. The van der Waals surface area contributed by atoms with Gasteiger partial charge in [0.2, 0.25) is 0 Å². The maximum Gasteiger partial charge on any atom is 0.429 e. The number of rotatable bonds is 2. The number of nitrogens with one attached hydrogen (secondary N) is 1. The molecule has 0 amide bonds. The number of halogens is 4. The van der Waals surface area contributed by atoms with Crippen molar-refractivity contribution in [1.29, 1.82) is 0 Å². The van der Waals surface area contributed by atoms with E-state index in [0.29, 0.717) is 4.57 Å². The van der Waals surface area contributed by atoms with Gasteiger partial charge in [0.15, 0.2) is 11.0 Å². The summed E-state index contributed by atoms with van der Waals surface area (Å²) in [5, 5.41) is 18.4. The molecule has 21 heavy (non-hydrogen) atoms. The summed E-state index contributed by atoms with van der Waals surface area (Å²) in [6, 6.07) is 0.828. The molecule has 1 aromatic rings. The lowest BCUT2D eigenvalue weighted by Crippen LogP contribution is -2.54. The number of ether oxygens (including phenoxy) is 1. The Morgan fingerprint density at radius 2 is 2.14 bits per heavy atom. The smallest absolute Gasteiger partial charge is 0.394 e. The monoisotopic (exact) mass is 330 g/mol. The van der Waals surface area contributed by atoms with Crippen molar-refractivity contribution in [1.82, 2.24) is 9.55 Å². The molecule has 118 valence electrons. The van der Waals surface area contributed by atoms with Crippen LogP contribution in [0.1, 0.15) is 6.23 Å². The summed E-state index contributed by atoms with van der Waals surface area (Å²) in [5.41, 5.74) is -4.87. The molecule has 2 rings (SSSR count). The first-order valence-corrected chi connectivity index (χ1v) is 6.05. The van der Waals surface area contributed by atoms with Crippen molar-refractivity contribution in [2.45, 2.75) is 30.3 Å². The number of aliphatic hydroxyl groups excluding tert-OH is 2. The van der Waals surface area contributed by atoms with Crippen molar-refractivity contribution < 1.29 is 32.5 Å². The molecule has 1 aliphatic heterocycles. The molecule has 6 nitrogen and oxygen atoms in total. The van der Waals surface area contributed by atoms with Gasteiger partial charge in [0.1, 0.15) is 12.2 Å². The molecule has 0 saturated carbocycles. The third kappa shape index (κ3) is 2.39. The van der Waals surface area contributed by atoms with E-state index in [0.717, 1.165) is 12.3 Å². The molecule has 4 atom stereocenters. The van der Waals surface area contributed by atoms with E-state index < -0.39 is 47.2 Å². The Bertz CT molecular complexity index is 645. The second-order valence-electron chi connectivity index (χ2n) is 4.44. The maximum atomic E-state index is 14.5. The van der Waals surface area contributed by atoms with Crippen LogP contribution in [-0.2, 0) is 4.74 Å². The van der Waals surface area contributed by atoms with Crippen LogP contribution in [0.4, 0.5) is 17.6 Å². The van der Waals surface area contributed by atoms with E-state index >= 15 is 0 Å². The van der Waals surface area contributed by atoms with E-state index in [9.17, 15) is 27.5 Å². The molecule has 0 radical (unpaired) electrons. The Kier molecular flexibility index (Phi) is 3.95. The molecule has 1 fully saturated rings. The van der Waals surface area contributed by atoms with Crippen LogP contribution >= 0.6 is 12.2 Å². The molecule has 4 unspecified atom stereocenters. The molecular weight excluding hydrogens is 320 g/mol. The number of H-pyrrole nitrogens is 1. The fraction of sp³-hybridized carbons (Fsp3) is 0.600. The van der Waals surface area contributed by atoms with Crippen LogP contribution in [0.15, 0.2) is 17.1 Å². The third-order valence-corrected chi connectivity index (χ3v) is 3.48. The van der Waals surface area contributed by atoms with Crippen LogP contribution in [0.2, 0.25) is 0 Å². The molecular formula is C10H10F4N2O4S. The van der Waals surface area contributed by atoms with Gasteiger partial charge < -0.3 is 14.9 Å². The summed E-state index contributed by atoms with van der Waals surface area (Å²) in [4.78, 5) is 13.0. The Hall–Kier alpha value is -1.30. The molecule has 2 heterocycles. The van der Waals surface area contributed by atoms with E-state index in [2.05, 4.69) is 12.2 Å². The Morgan fingerprint density at radius 1 is 1.52 bits per heavy atom. The molecule has 0 aliphatic carbocycles. The molecule has 0 bridgehead atoms. The van der Waals surface area contributed by atoms with E-state index in [1.165, 1.54) is 0 Å². The maximum absolute atomic E-state index is 14.5. The highest BCUT2D eigenvalue weighted by Crippen LogP contribution is 2.51. The molecule has 0 aromatic carbocycles. The number of hydrogen-bond donors (Lipinski definition) is 3. The van der Waals surface area contributed by atoms with Crippen LogP contribution in [0, 0.1) is 4.77 Å². The fourth-order valence-electron chi connectivity index (χ4n) is 2.09. The average molecular weight is 330 g/mol. The minimum Gasteiger partial charge on any atom is -0.394 e. The van der Waals surface area contributed by atoms with Gasteiger partial charge in [0.25, 0.3) is 11.2 Å². The molecule has 11 heteroatoms. The normalized spacial score (nSPS) is 33.3. The first kappa shape index (κ1) is 16.1. The first-order valence-electron chi connectivity index (χ1n) is 5.64. The van der Waals surface area contributed by atoms with Crippen LogP contribution in [0.3, 0.4) is 0 Å². The van der Waals surface area contributed by atoms with Crippen LogP contribution in [0.5, 0.6) is 0 Å². The lowest BCUT2D eigenvalue weighted by molar-refractivity contribution is -0.273. The quantitative estimate of drug-likeness (QED) is 0.541. The van der Waals surface area contributed by atoms with Gasteiger partial charge in [-0.3, -0.25) is 14.3 Å². The zero-order valence-electron chi connectivity index (χ0n) is 10.2. The molecule has 3 N–H and O–H groups in total. The zero-order valence-corrected chi connectivity index (χ0v) is 11.0. The predicted molar refractivity (Wildman–Crippen MR) is 62.8 cm³/mol. The minimum atomic E-state index is -5.48. The van der Waals surface area contributed by atoms with Gasteiger partial charge in [0, 0.05) is 12.3 Å². The number of nitrogens with zero attached hydrogens (tertiary/aromatic N) is 1. The van der Waals surface area contributed by atoms with Gasteiger partial charge in [-0.15, -0.1) is 0 Å². The molecule has 1 aliphatic rings. The van der Waals surface area contributed by atoms with Crippen molar-refractivity contribution in [2.24, 2.45) is 0 Å². The molecule has 1 aromatic heterocycles. The Morgan fingerprint density at radius 3 is 2.62 bits per heavy atom. The van der Waals surface area contributed by atoms with Crippen LogP contribution in [0.25, 0.3) is 0 Å². The number of aromatic nitrogens is 2. The summed E-state index contributed by atoms with van der Waals surface area (Å²) >= 11 is 4.66. The summed E-state index contributed by atoms with van der Waals surface area (Å²) in [6.07, 6.45) is -11.4. The highest BCUT2D eigenvalue weighted by atomic mass is 32.1. The van der Waals surface area contributed by atoms with Gasteiger partial charge in [-0.2, -0.15) is 13.2 Å².